The SMILES string of the molecule is CC(Oc1ccccc1C#N)C(=O)NCC1(c2cccc(Cl)c2)CCOCC1. The van der Waals surface area contributed by atoms with Gasteiger partial charge in [0, 0.05) is 30.2 Å². The van der Waals surface area contributed by atoms with E-state index in [1.165, 1.54) is 0 Å². The number of rotatable bonds is 6. The summed E-state index contributed by atoms with van der Waals surface area (Å²) in [4.78, 5) is 12.7. The number of nitrogens with one attached hydrogen (secondary N) is 1. The van der Waals surface area contributed by atoms with Gasteiger partial charge in [0.05, 0.1) is 5.56 Å². The quantitative estimate of drug-likeness (QED) is 0.802. The zero-order valence-corrected chi connectivity index (χ0v) is 16.5. The van der Waals surface area contributed by atoms with Crippen LogP contribution in [0.4, 0.5) is 0 Å². The van der Waals surface area contributed by atoms with Crippen molar-refractivity contribution >= 4 is 17.5 Å². The molecule has 1 aliphatic heterocycles. The van der Waals surface area contributed by atoms with Crippen LogP contribution in [0.3, 0.4) is 0 Å². The van der Waals surface area contributed by atoms with Crippen LogP contribution >= 0.6 is 11.6 Å². The molecule has 0 spiro atoms. The maximum absolute atomic E-state index is 12.7. The Balaban J connectivity index is 1.69. The second-order valence-corrected chi connectivity index (χ2v) is 7.43. The van der Waals surface area contributed by atoms with Crippen LogP contribution in [-0.4, -0.2) is 31.8 Å². The molecule has 1 heterocycles. The van der Waals surface area contributed by atoms with Crippen LogP contribution in [0.15, 0.2) is 48.5 Å². The molecule has 0 radical (unpaired) electrons. The van der Waals surface area contributed by atoms with Gasteiger partial charge in [0.25, 0.3) is 5.91 Å². The third kappa shape index (κ3) is 4.64. The molecule has 0 aromatic heterocycles. The fourth-order valence-corrected chi connectivity index (χ4v) is 3.64. The average Bonchev–Trinajstić information content (AvgIpc) is 2.73. The van der Waals surface area contributed by atoms with E-state index in [9.17, 15) is 10.1 Å². The molecule has 1 saturated heterocycles. The molecular formula is C22H23ClN2O3. The number of ether oxygens (including phenoxy) is 2. The summed E-state index contributed by atoms with van der Waals surface area (Å²) >= 11 is 6.19. The lowest BCUT2D eigenvalue weighted by Gasteiger charge is -2.38. The normalized spacial score (nSPS) is 16.6. The lowest BCUT2D eigenvalue weighted by Crippen LogP contribution is -2.47. The minimum absolute atomic E-state index is 0.219. The van der Waals surface area contributed by atoms with Gasteiger partial charge in [0.2, 0.25) is 0 Å². The van der Waals surface area contributed by atoms with Crippen molar-refractivity contribution in [3.63, 3.8) is 0 Å². The topological polar surface area (TPSA) is 71.3 Å². The maximum atomic E-state index is 12.7. The Morgan fingerprint density at radius 2 is 2.04 bits per heavy atom. The monoisotopic (exact) mass is 398 g/mol. The van der Waals surface area contributed by atoms with Gasteiger partial charge >= 0.3 is 0 Å². The minimum atomic E-state index is -0.717. The van der Waals surface area contributed by atoms with Gasteiger partial charge in [-0.15, -0.1) is 0 Å². The predicted molar refractivity (Wildman–Crippen MR) is 107 cm³/mol. The van der Waals surface area contributed by atoms with Crippen molar-refractivity contribution in [2.24, 2.45) is 0 Å². The van der Waals surface area contributed by atoms with Crippen molar-refractivity contribution in [2.45, 2.75) is 31.3 Å². The molecule has 5 nitrogen and oxygen atoms in total. The van der Waals surface area contributed by atoms with E-state index in [1.807, 2.05) is 24.3 Å². The number of carbonyl (C=O) groups is 1. The van der Waals surface area contributed by atoms with Crippen molar-refractivity contribution in [3.8, 4) is 11.8 Å². The Hall–Kier alpha value is -2.55. The molecular weight excluding hydrogens is 376 g/mol. The molecule has 1 amide bonds. The zero-order valence-electron chi connectivity index (χ0n) is 15.8. The smallest absolute Gasteiger partial charge is 0.260 e. The van der Waals surface area contributed by atoms with E-state index in [4.69, 9.17) is 21.1 Å². The molecule has 146 valence electrons. The van der Waals surface area contributed by atoms with Crippen LogP contribution in [-0.2, 0) is 14.9 Å². The van der Waals surface area contributed by atoms with Crippen LogP contribution in [0.25, 0.3) is 0 Å². The molecule has 0 bridgehead atoms. The van der Waals surface area contributed by atoms with Crippen LogP contribution in [0.1, 0.15) is 30.9 Å². The van der Waals surface area contributed by atoms with Crippen molar-refractivity contribution in [1.82, 2.24) is 5.32 Å². The summed E-state index contributed by atoms with van der Waals surface area (Å²) in [6.45, 7) is 3.44. The van der Waals surface area contributed by atoms with Crippen molar-refractivity contribution in [3.05, 3.63) is 64.7 Å². The van der Waals surface area contributed by atoms with Gasteiger partial charge in [-0.1, -0.05) is 35.9 Å². The second kappa shape index (κ2) is 9.09. The summed E-state index contributed by atoms with van der Waals surface area (Å²) < 4.78 is 11.2. The highest BCUT2D eigenvalue weighted by Crippen LogP contribution is 2.35. The summed E-state index contributed by atoms with van der Waals surface area (Å²) in [6, 6.07) is 16.7. The molecule has 0 aliphatic carbocycles. The van der Waals surface area contributed by atoms with Gasteiger partial charge in [-0.05, 0) is 49.6 Å². The van der Waals surface area contributed by atoms with Gasteiger partial charge < -0.3 is 14.8 Å². The Bertz CT molecular complexity index is 872. The fraction of sp³-hybridized carbons (Fsp3) is 0.364. The summed E-state index contributed by atoms with van der Waals surface area (Å²) in [5, 5.41) is 12.9. The fourth-order valence-electron chi connectivity index (χ4n) is 3.45. The first-order valence-electron chi connectivity index (χ1n) is 9.31. The first-order chi connectivity index (χ1) is 13.5. The van der Waals surface area contributed by atoms with Crippen molar-refractivity contribution in [2.75, 3.05) is 19.8 Å². The first-order valence-corrected chi connectivity index (χ1v) is 9.69. The van der Waals surface area contributed by atoms with Crippen molar-refractivity contribution < 1.29 is 14.3 Å². The number of para-hydroxylation sites is 1. The molecule has 6 heteroatoms. The molecule has 2 aromatic carbocycles. The number of hydrogen-bond acceptors (Lipinski definition) is 4. The van der Waals surface area contributed by atoms with Crippen LogP contribution in [0.5, 0.6) is 5.75 Å². The average molecular weight is 399 g/mol. The van der Waals surface area contributed by atoms with Crippen LogP contribution in [0, 0.1) is 11.3 Å². The van der Waals surface area contributed by atoms with E-state index in [-0.39, 0.29) is 11.3 Å². The van der Waals surface area contributed by atoms with Gasteiger partial charge in [-0.25, -0.2) is 0 Å². The molecule has 1 atom stereocenters. The highest BCUT2D eigenvalue weighted by Gasteiger charge is 2.35. The van der Waals surface area contributed by atoms with Gasteiger partial charge in [0.1, 0.15) is 11.8 Å². The molecule has 1 N–H and O–H groups in total. The van der Waals surface area contributed by atoms with Gasteiger partial charge in [-0.2, -0.15) is 5.26 Å². The number of nitriles is 1. The molecule has 3 rings (SSSR count). The summed E-state index contributed by atoms with van der Waals surface area (Å²) in [6.07, 6.45) is 0.894. The Labute approximate surface area is 170 Å². The van der Waals surface area contributed by atoms with Crippen molar-refractivity contribution in [1.29, 1.82) is 5.26 Å². The highest BCUT2D eigenvalue weighted by atomic mass is 35.5. The molecule has 1 unspecified atom stereocenters. The third-order valence-electron chi connectivity index (χ3n) is 5.17. The highest BCUT2D eigenvalue weighted by molar-refractivity contribution is 6.30. The van der Waals surface area contributed by atoms with E-state index >= 15 is 0 Å². The van der Waals surface area contributed by atoms with Gasteiger partial charge in [0.15, 0.2) is 6.10 Å². The molecule has 1 aliphatic rings. The number of amides is 1. The second-order valence-electron chi connectivity index (χ2n) is 6.99. The molecule has 1 fully saturated rings. The number of nitrogens with zero attached hydrogens (tertiary/aromatic N) is 1. The molecule has 2 aromatic rings. The summed E-state index contributed by atoms with van der Waals surface area (Å²) in [7, 11) is 0. The standard InChI is InChI=1S/C22H23ClN2O3/c1-16(28-20-8-3-2-5-17(20)14-24)21(26)25-15-22(9-11-27-12-10-22)18-6-4-7-19(23)13-18/h2-8,13,16H,9-12,15H2,1H3,(H,25,26). The largest absolute Gasteiger partial charge is 0.480 e. The van der Waals surface area contributed by atoms with Crippen LogP contribution in [0.2, 0.25) is 5.02 Å². The van der Waals surface area contributed by atoms with E-state index in [1.54, 1.807) is 31.2 Å². The van der Waals surface area contributed by atoms with Gasteiger partial charge in [-0.3, -0.25) is 4.79 Å². The minimum Gasteiger partial charge on any atom is -0.480 e. The Kier molecular flexibility index (Phi) is 6.56. The van der Waals surface area contributed by atoms with E-state index < -0.39 is 6.10 Å². The maximum Gasteiger partial charge on any atom is 0.260 e. The Morgan fingerprint density at radius 3 is 2.75 bits per heavy atom. The number of benzene rings is 2. The predicted octanol–water partition coefficient (Wildman–Crippen LogP) is 3.84. The molecule has 0 saturated carbocycles. The van der Waals surface area contributed by atoms with E-state index in [2.05, 4.69) is 11.4 Å². The lowest BCUT2D eigenvalue weighted by molar-refractivity contribution is -0.127. The zero-order chi connectivity index (χ0) is 20.0. The van der Waals surface area contributed by atoms with E-state index in [0.29, 0.717) is 36.1 Å². The first kappa shape index (κ1) is 20.2. The third-order valence-corrected chi connectivity index (χ3v) is 5.40. The Morgan fingerprint density at radius 1 is 1.29 bits per heavy atom. The number of carbonyl (C=O) groups excluding carboxylic acids is 1. The van der Waals surface area contributed by atoms with E-state index in [0.717, 1.165) is 18.4 Å². The number of hydrogen-bond donors (Lipinski definition) is 1. The number of halogens is 1. The summed E-state index contributed by atoms with van der Waals surface area (Å²) in [5.74, 6) is 0.184. The summed E-state index contributed by atoms with van der Waals surface area (Å²) in [5.41, 5.74) is 1.29. The molecule has 28 heavy (non-hydrogen) atoms. The lowest BCUT2D eigenvalue weighted by atomic mass is 9.74. The van der Waals surface area contributed by atoms with Crippen LogP contribution < -0.4 is 10.1 Å².